The minimum Gasteiger partial charge on any atom is -0.384 e. The summed E-state index contributed by atoms with van der Waals surface area (Å²) in [5.41, 5.74) is 1.79. The van der Waals surface area contributed by atoms with Gasteiger partial charge in [-0.05, 0) is 30.7 Å². The number of rotatable bonds is 4. The number of hydrogen-bond donors (Lipinski definition) is 0. The van der Waals surface area contributed by atoms with Crippen molar-refractivity contribution in [2.75, 3.05) is 19.5 Å². The van der Waals surface area contributed by atoms with Crippen LogP contribution in [0.3, 0.4) is 0 Å². The Morgan fingerprint density at radius 3 is 2.86 bits per heavy atom. The Labute approximate surface area is 88.9 Å². The summed E-state index contributed by atoms with van der Waals surface area (Å²) in [5, 5.41) is 8.75. The van der Waals surface area contributed by atoms with Crippen LogP contribution in [0.2, 0.25) is 0 Å². The zero-order chi connectivity index (χ0) is 10.4. The van der Waals surface area contributed by atoms with E-state index < -0.39 is 0 Å². The van der Waals surface area contributed by atoms with Gasteiger partial charge in [0.1, 0.15) is 0 Å². The quantitative estimate of drug-likeness (QED) is 0.562. The van der Waals surface area contributed by atoms with Crippen LogP contribution in [0.5, 0.6) is 0 Å². The lowest BCUT2D eigenvalue weighted by Gasteiger charge is -2.03. The molecule has 0 radical (unpaired) electrons. The first kappa shape index (κ1) is 11.1. The minimum atomic E-state index is 0.751. The lowest BCUT2D eigenvalue weighted by Crippen LogP contribution is -1.91. The van der Waals surface area contributed by atoms with Crippen LogP contribution in [0.15, 0.2) is 23.1 Å². The van der Waals surface area contributed by atoms with Crippen molar-refractivity contribution in [1.82, 2.24) is 0 Å². The van der Waals surface area contributed by atoms with E-state index in [0.717, 1.165) is 23.5 Å². The average Bonchev–Trinajstić information content (AvgIpc) is 2.18. The molecule has 1 aromatic rings. The smallest absolute Gasteiger partial charge is 0.0994 e. The van der Waals surface area contributed by atoms with Gasteiger partial charge in [0, 0.05) is 17.8 Å². The summed E-state index contributed by atoms with van der Waals surface area (Å²) in [6.45, 7) is 2.71. The molecule has 0 bridgehead atoms. The molecule has 2 nitrogen and oxygen atoms in total. The standard InChI is InChI=1S/C11H13NOS/c1-9-7-11(14-6-5-13-2)4-3-10(9)8-12/h3-4,7H,5-6H2,1-2H3. The predicted molar refractivity (Wildman–Crippen MR) is 58.5 cm³/mol. The Balaban J connectivity index is 2.63. The van der Waals surface area contributed by atoms with E-state index in [1.807, 2.05) is 25.1 Å². The third-order valence-corrected chi connectivity index (χ3v) is 2.83. The molecule has 3 heteroatoms. The molecule has 0 saturated carbocycles. The number of aryl methyl sites for hydroxylation is 1. The van der Waals surface area contributed by atoms with Crippen molar-refractivity contribution in [1.29, 1.82) is 5.26 Å². The van der Waals surface area contributed by atoms with Gasteiger partial charge in [0.05, 0.1) is 18.2 Å². The van der Waals surface area contributed by atoms with Gasteiger partial charge in [-0.3, -0.25) is 0 Å². The van der Waals surface area contributed by atoms with Crippen LogP contribution in [0.25, 0.3) is 0 Å². The van der Waals surface area contributed by atoms with Crippen molar-refractivity contribution in [2.24, 2.45) is 0 Å². The summed E-state index contributed by atoms with van der Waals surface area (Å²) >= 11 is 1.74. The summed E-state index contributed by atoms with van der Waals surface area (Å²) < 4.78 is 4.97. The average molecular weight is 207 g/mol. The maximum Gasteiger partial charge on any atom is 0.0994 e. The van der Waals surface area contributed by atoms with Gasteiger partial charge in [0.25, 0.3) is 0 Å². The number of nitrogens with zero attached hydrogens (tertiary/aromatic N) is 1. The fraction of sp³-hybridized carbons (Fsp3) is 0.364. The fourth-order valence-corrected chi connectivity index (χ4v) is 2.00. The molecular formula is C11H13NOS. The Morgan fingerprint density at radius 2 is 2.29 bits per heavy atom. The molecule has 14 heavy (non-hydrogen) atoms. The molecule has 0 atom stereocenters. The molecule has 0 amide bonds. The molecule has 0 unspecified atom stereocenters. The first-order chi connectivity index (χ1) is 6.77. The van der Waals surface area contributed by atoms with E-state index in [1.165, 1.54) is 4.90 Å². The summed E-state index contributed by atoms with van der Waals surface area (Å²) in [6, 6.07) is 8.04. The number of ether oxygens (including phenoxy) is 1. The number of nitriles is 1. The van der Waals surface area contributed by atoms with Crippen molar-refractivity contribution >= 4 is 11.8 Å². The third-order valence-electron chi connectivity index (χ3n) is 1.87. The van der Waals surface area contributed by atoms with Crippen LogP contribution in [-0.4, -0.2) is 19.5 Å². The van der Waals surface area contributed by atoms with Gasteiger partial charge in [0.15, 0.2) is 0 Å². The first-order valence-corrected chi connectivity index (χ1v) is 5.39. The topological polar surface area (TPSA) is 33.0 Å². The number of methoxy groups -OCH3 is 1. The highest BCUT2D eigenvalue weighted by Gasteiger charge is 1.99. The molecule has 0 aromatic heterocycles. The second kappa shape index (κ2) is 5.69. The summed E-state index contributed by atoms with van der Waals surface area (Å²) in [5.74, 6) is 0.946. The largest absolute Gasteiger partial charge is 0.384 e. The molecule has 1 rings (SSSR count). The summed E-state index contributed by atoms with van der Waals surface area (Å²) in [4.78, 5) is 1.19. The van der Waals surface area contributed by atoms with E-state index in [4.69, 9.17) is 10.00 Å². The van der Waals surface area contributed by atoms with E-state index >= 15 is 0 Å². The summed E-state index contributed by atoms with van der Waals surface area (Å²) in [6.07, 6.45) is 0. The molecule has 0 heterocycles. The second-order valence-corrected chi connectivity index (χ2v) is 4.10. The van der Waals surface area contributed by atoms with Gasteiger partial charge < -0.3 is 4.74 Å². The van der Waals surface area contributed by atoms with Crippen LogP contribution < -0.4 is 0 Å². The molecular weight excluding hydrogens is 194 g/mol. The van der Waals surface area contributed by atoms with E-state index in [2.05, 4.69) is 6.07 Å². The van der Waals surface area contributed by atoms with Crippen LogP contribution in [0.1, 0.15) is 11.1 Å². The highest BCUT2D eigenvalue weighted by molar-refractivity contribution is 7.99. The number of thioether (sulfide) groups is 1. The van der Waals surface area contributed by atoms with Crippen molar-refractivity contribution in [2.45, 2.75) is 11.8 Å². The zero-order valence-electron chi connectivity index (χ0n) is 8.41. The molecule has 0 N–H and O–H groups in total. The summed E-state index contributed by atoms with van der Waals surface area (Å²) in [7, 11) is 1.70. The highest BCUT2D eigenvalue weighted by Crippen LogP contribution is 2.20. The monoisotopic (exact) mass is 207 g/mol. The molecule has 74 valence electrons. The van der Waals surface area contributed by atoms with Gasteiger partial charge in [-0.25, -0.2) is 0 Å². The van der Waals surface area contributed by atoms with E-state index in [-0.39, 0.29) is 0 Å². The fourth-order valence-electron chi connectivity index (χ4n) is 1.09. The predicted octanol–water partition coefficient (Wildman–Crippen LogP) is 2.61. The first-order valence-electron chi connectivity index (χ1n) is 4.40. The SMILES string of the molecule is COCCSc1ccc(C#N)c(C)c1. The van der Waals surface area contributed by atoms with Crippen LogP contribution in [-0.2, 0) is 4.74 Å². The molecule has 0 fully saturated rings. The van der Waals surface area contributed by atoms with Gasteiger partial charge in [-0.2, -0.15) is 5.26 Å². The minimum absolute atomic E-state index is 0.751. The van der Waals surface area contributed by atoms with Crippen molar-refractivity contribution in [3.05, 3.63) is 29.3 Å². The molecule has 0 aliphatic rings. The number of benzene rings is 1. The Hall–Kier alpha value is -0.980. The van der Waals surface area contributed by atoms with Gasteiger partial charge in [-0.15, -0.1) is 11.8 Å². The van der Waals surface area contributed by atoms with Gasteiger partial charge in [0.2, 0.25) is 0 Å². The Bertz CT molecular complexity index is 344. The molecule has 0 saturated heterocycles. The van der Waals surface area contributed by atoms with Gasteiger partial charge in [-0.1, -0.05) is 0 Å². The molecule has 0 spiro atoms. The number of hydrogen-bond acceptors (Lipinski definition) is 3. The normalized spacial score (nSPS) is 9.79. The second-order valence-electron chi connectivity index (χ2n) is 2.93. The third kappa shape index (κ3) is 3.06. The van der Waals surface area contributed by atoms with E-state index in [1.54, 1.807) is 18.9 Å². The Morgan fingerprint density at radius 1 is 1.50 bits per heavy atom. The molecule has 1 aromatic carbocycles. The molecule has 0 aliphatic carbocycles. The van der Waals surface area contributed by atoms with E-state index in [0.29, 0.717) is 0 Å². The van der Waals surface area contributed by atoms with E-state index in [9.17, 15) is 0 Å². The molecule has 0 aliphatic heterocycles. The van der Waals surface area contributed by atoms with Crippen molar-refractivity contribution in [3.8, 4) is 6.07 Å². The lowest BCUT2D eigenvalue weighted by atomic mass is 10.1. The van der Waals surface area contributed by atoms with Gasteiger partial charge >= 0.3 is 0 Å². The Kier molecular flexibility index (Phi) is 4.51. The van der Waals surface area contributed by atoms with Crippen LogP contribution >= 0.6 is 11.8 Å². The van der Waals surface area contributed by atoms with Crippen molar-refractivity contribution in [3.63, 3.8) is 0 Å². The maximum absolute atomic E-state index is 8.75. The zero-order valence-corrected chi connectivity index (χ0v) is 9.23. The lowest BCUT2D eigenvalue weighted by molar-refractivity contribution is 0.218. The van der Waals surface area contributed by atoms with Crippen molar-refractivity contribution < 1.29 is 4.74 Å². The maximum atomic E-state index is 8.75. The van der Waals surface area contributed by atoms with Crippen LogP contribution in [0.4, 0.5) is 0 Å². The van der Waals surface area contributed by atoms with Crippen LogP contribution in [0, 0.1) is 18.3 Å². The highest BCUT2D eigenvalue weighted by atomic mass is 32.2.